The van der Waals surface area contributed by atoms with Gasteiger partial charge in [-0.1, -0.05) is 33.8 Å². The van der Waals surface area contributed by atoms with E-state index in [-0.39, 0.29) is 66.2 Å². The van der Waals surface area contributed by atoms with Gasteiger partial charge < -0.3 is 24.1 Å². The molecule has 0 fully saturated rings. The van der Waals surface area contributed by atoms with Gasteiger partial charge in [-0.25, -0.2) is 0 Å². The Labute approximate surface area is 219 Å². The van der Waals surface area contributed by atoms with Crippen LogP contribution >= 0.6 is 0 Å². The molecule has 0 saturated heterocycles. The zero-order valence-electron chi connectivity index (χ0n) is 21.5. The molecule has 0 aromatic heterocycles. The highest BCUT2D eigenvalue weighted by molar-refractivity contribution is 6.16. The van der Waals surface area contributed by atoms with Crippen LogP contribution in [0.1, 0.15) is 74.9 Å². The van der Waals surface area contributed by atoms with E-state index in [0.29, 0.717) is 11.1 Å². The van der Waals surface area contributed by atoms with Crippen LogP contribution in [0.2, 0.25) is 0 Å². The summed E-state index contributed by atoms with van der Waals surface area (Å²) in [4.78, 5) is 61.0. The topological polar surface area (TPSA) is 143 Å². The number of carbonyl (C=O) groups excluding carboxylic acids is 5. The van der Waals surface area contributed by atoms with Gasteiger partial charge in [0.1, 0.15) is 11.5 Å². The molecular formula is C28H28O10. The second kappa shape index (κ2) is 12.2. The van der Waals surface area contributed by atoms with E-state index in [2.05, 4.69) is 0 Å². The predicted molar refractivity (Wildman–Crippen MR) is 134 cm³/mol. The van der Waals surface area contributed by atoms with Crippen LogP contribution in [0.25, 0.3) is 5.57 Å². The number of allylic oxidation sites excluding steroid dienone is 2. The van der Waals surface area contributed by atoms with Crippen molar-refractivity contribution >= 4 is 35.2 Å². The first-order chi connectivity index (χ1) is 18.1. The zero-order chi connectivity index (χ0) is 28.0. The number of rotatable bonds is 9. The van der Waals surface area contributed by atoms with Crippen molar-refractivity contribution in [3.05, 3.63) is 52.8 Å². The lowest BCUT2D eigenvalue weighted by molar-refractivity contribution is -0.136. The third kappa shape index (κ3) is 6.26. The van der Waals surface area contributed by atoms with Gasteiger partial charge in [0.15, 0.2) is 17.3 Å². The molecule has 200 valence electrons. The van der Waals surface area contributed by atoms with Gasteiger partial charge in [-0.05, 0) is 29.3 Å². The van der Waals surface area contributed by atoms with Crippen molar-refractivity contribution < 1.29 is 48.0 Å². The molecule has 0 saturated carbocycles. The minimum atomic E-state index is -0.804. The Hall–Kier alpha value is -4.47. The van der Waals surface area contributed by atoms with E-state index in [9.17, 15) is 29.1 Å². The van der Waals surface area contributed by atoms with Crippen LogP contribution in [-0.2, 0) is 25.6 Å². The van der Waals surface area contributed by atoms with E-state index in [0.717, 1.165) is 0 Å². The molecule has 1 aliphatic rings. The number of ketones is 1. The normalized spacial score (nSPS) is 12.5. The molecule has 10 nitrogen and oxygen atoms in total. The Balaban J connectivity index is 2.11. The van der Waals surface area contributed by atoms with E-state index >= 15 is 0 Å². The maximum Gasteiger partial charge on any atom is 0.311 e. The smallest absolute Gasteiger partial charge is 0.311 e. The lowest BCUT2D eigenvalue weighted by Crippen LogP contribution is -2.19. The number of hydrogen-bond acceptors (Lipinski definition) is 10. The van der Waals surface area contributed by atoms with Crippen LogP contribution in [0.15, 0.2) is 36.1 Å². The highest BCUT2D eigenvalue weighted by atomic mass is 16.6. The first-order valence-corrected chi connectivity index (χ1v) is 12.2. The number of hydrogen-bond donors (Lipinski definition) is 1. The fraction of sp³-hybridized carbons (Fsp3) is 0.321. The van der Waals surface area contributed by atoms with Gasteiger partial charge in [0, 0.05) is 43.7 Å². The maximum absolute atomic E-state index is 13.3. The molecule has 0 aliphatic heterocycles. The van der Waals surface area contributed by atoms with Gasteiger partial charge in [-0.2, -0.15) is 0 Å². The van der Waals surface area contributed by atoms with Gasteiger partial charge in [0.2, 0.25) is 5.78 Å². The average molecular weight is 525 g/mol. The number of carbonyl (C=O) groups is 5. The van der Waals surface area contributed by atoms with Crippen LogP contribution in [0.4, 0.5) is 0 Å². The fourth-order valence-electron chi connectivity index (χ4n) is 3.60. The van der Waals surface area contributed by atoms with Crippen LogP contribution < -0.4 is 18.9 Å². The van der Waals surface area contributed by atoms with E-state index in [1.165, 1.54) is 30.3 Å². The second-order valence-corrected chi connectivity index (χ2v) is 8.26. The quantitative estimate of drug-likeness (QED) is 0.363. The number of ether oxygens (including phenoxy) is 4. The average Bonchev–Trinajstić information content (AvgIpc) is 2.90. The number of aliphatic hydroxyl groups is 1. The van der Waals surface area contributed by atoms with Gasteiger partial charge in [0.25, 0.3) is 0 Å². The van der Waals surface area contributed by atoms with Crippen LogP contribution in [0, 0.1) is 0 Å². The SMILES string of the molecule is CCC(=O)Oc1cc2c(c(OC(=O)CC)c1)C(=O)C(O)=C(c1ccc(OC(=O)CC)c(OC(=O)CC)c1)C2. The highest BCUT2D eigenvalue weighted by Crippen LogP contribution is 2.41. The summed E-state index contributed by atoms with van der Waals surface area (Å²) in [5.74, 6) is -3.79. The molecule has 0 heterocycles. The van der Waals surface area contributed by atoms with Crippen molar-refractivity contribution in [3.63, 3.8) is 0 Å². The van der Waals surface area contributed by atoms with Crippen molar-refractivity contribution in [3.8, 4) is 23.0 Å². The number of fused-ring (bicyclic) bond motifs is 1. The molecule has 3 rings (SSSR count). The molecule has 2 aromatic carbocycles. The summed E-state index contributed by atoms with van der Waals surface area (Å²) in [5.41, 5.74) is 0.809. The number of esters is 4. The number of benzene rings is 2. The number of Topliss-reactive ketones (excluding diaryl/α,β-unsaturated/α-hetero) is 1. The Bertz CT molecular complexity index is 1340. The van der Waals surface area contributed by atoms with Gasteiger partial charge in [-0.3, -0.25) is 24.0 Å². The largest absolute Gasteiger partial charge is 0.504 e. The van der Waals surface area contributed by atoms with Crippen molar-refractivity contribution in [1.29, 1.82) is 0 Å². The first kappa shape index (κ1) is 28.1. The minimum absolute atomic E-state index is 0.00699. The Morgan fingerprint density at radius 2 is 1.24 bits per heavy atom. The molecule has 1 N–H and O–H groups in total. The maximum atomic E-state index is 13.3. The van der Waals surface area contributed by atoms with Gasteiger partial charge in [-0.15, -0.1) is 0 Å². The van der Waals surface area contributed by atoms with Crippen LogP contribution in [0.3, 0.4) is 0 Å². The van der Waals surface area contributed by atoms with Gasteiger partial charge >= 0.3 is 23.9 Å². The molecule has 0 unspecified atom stereocenters. The Morgan fingerprint density at radius 3 is 1.82 bits per heavy atom. The highest BCUT2D eigenvalue weighted by Gasteiger charge is 2.32. The monoisotopic (exact) mass is 524 g/mol. The molecule has 38 heavy (non-hydrogen) atoms. The molecule has 0 atom stereocenters. The molecule has 2 aromatic rings. The summed E-state index contributed by atoms with van der Waals surface area (Å²) in [6, 6.07) is 7.01. The summed E-state index contributed by atoms with van der Waals surface area (Å²) in [7, 11) is 0. The predicted octanol–water partition coefficient (Wildman–Crippen LogP) is 4.66. The molecule has 0 bridgehead atoms. The first-order valence-electron chi connectivity index (χ1n) is 12.2. The lowest BCUT2D eigenvalue weighted by atomic mass is 9.85. The van der Waals surface area contributed by atoms with Crippen LogP contribution in [0.5, 0.6) is 23.0 Å². The van der Waals surface area contributed by atoms with E-state index in [1.54, 1.807) is 27.7 Å². The summed E-state index contributed by atoms with van der Waals surface area (Å²) < 4.78 is 21.2. The summed E-state index contributed by atoms with van der Waals surface area (Å²) >= 11 is 0. The van der Waals surface area contributed by atoms with E-state index < -0.39 is 35.4 Å². The molecule has 0 radical (unpaired) electrons. The second-order valence-electron chi connectivity index (χ2n) is 8.26. The third-order valence-corrected chi connectivity index (χ3v) is 5.60. The molecular weight excluding hydrogens is 496 g/mol. The van der Waals surface area contributed by atoms with Crippen molar-refractivity contribution in [1.82, 2.24) is 0 Å². The summed E-state index contributed by atoms with van der Waals surface area (Å²) in [6.07, 6.45) is 0.263. The van der Waals surface area contributed by atoms with Crippen molar-refractivity contribution in [2.75, 3.05) is 0 Å². The van der Waals surface area contributed by atoms with Crippen LogP contribution in [-0.4, -0.2) is 34.8 Å². The molecule has 10 heteroatoms. The molecule has 1 aliphatic carbocycles. The molecule has 0 amide bonds. The zero-order valence-corrected chi connectivity index (χ0v) is 21.5. The summed E-state index contributed by atoms with van der Waals surface area (Å²) in [5, 5.41) is 10.9. The number of aliphatic hydroxyl groups excluding tert-OH is 1. The van der Waals surface area contributed by atoms with E-state index in [4.69, 9.17) is 18.9 Å². The third-order valence-electron chi connectivity index (χ3n) is 5.60. The standard InChI is InChI=1S/C28H28O10/c1-5-22(29)35-17-11-16-12-18(27(33)28(34)26(16)21(14-17)38-25(32)8-4)15-9-10-19(36-23(30)6-2)20(13-15)37-24(31)7-3/h9-11,13-14,33H,5-8,12H2,1-4H3. The van der Waals surface area contributed by atoms with Gasteiger partial charge in [0.05, 0.1) is 5.56 Å². The van der Waals surface area contributed by atoms with Crippen molar-refractivity contribution in [2.45, 2.75) is 59.8 Å². The lowest BCUT2D eigenvalue weighted by Gasteiger charge is -2.22. The molecule has 0 spiro atoms. The Kier molecular flexibility index (Phi) is 9.01. The fourth-order valence-corrected chi connectivity index (χ4v) is 3.60. The van der Waals surface area contributed by atoms with E-state index in [1.807, 2.05) is 0 Å². The minimum Gasteiger partial charge on any atom is -0.504 e. The summed E-state index contributed by atoms with van der Waals surface area (Å²) in [6.45, 7) is 6.41. The Morgan fingerprint density at radius 1 is 0.711 bits per heavy atom. The van der Waals surface area contributed by atoms with Crippen molar-refractivity contribution in [2.24, 2.45) is 0 Å².